The lowest BCUT2D eigenvalue weighted by molar-refractivity contribution is 0.0602. The van der Waals surface area contributed by atoms with Crippen LogP contribution in [0.25, 0.3) is 0 Å². The Morgan fingerprint density at radius 1 is 1.27 bits per heavy atom. The van der Waals surface area contributed by atoms with Gasteiger partial charge in [0.2, 0.25) is 0 Å². The summed E-state index contributed by atoms with van der Waals surface area (Å²) < 4.78 is 5.64. The van der Waals surface area contributed by atoms with Crippen molar-refractivity contribution < 1.29 is 4.74 Å². The Morgan fingerprint density at radius 2 is 2.07 bits per heavy atom. The largest absolute Gasteiger partial charge is 0.377 e. The summed E-state index contributed by atoms with van der Waals surface area (Å²) in [6, 6.07) is 2.28. The standard InChI is InChI=1S/C12H20N2O/c13-6-3-11-4-7-14(8-5-11)10-12-2-1-9-15-12/h11-12H,1-5,7-10H2. The molecule has 84 valence electrons. The summed E-state index contributed by atoms with van der Waals surface area (Å²) in [7, 11) is 0. The molecule has 2 aliphatic heterocycles. The van der Waals surface area contributed by atoms with E-state index < -0.39 is 0 Å². The fourth-order valence-electron chi connectivity index (χ4n) is 2.58. The molecular formula is C12H20N2O. The average molecular weight is 208 g/mol. The SMILES string of the molecule is N#CCC1CCN(CC2CCCO2)CC1. The molecule has 0 aromatic heterocycles. The first kappa shape index (κ1) is 10.9. The molecule has 0 spiro atoms. The van der Waals surface area contributed by atoms with E-state index in [1.54, 1.807) is 0 Å². The van der Waals surface area contributed by atoms with Gasteiger partial charge in [-0.25, -0.2) is 0 Å². The highest BCUT2D eigenvalue weighted by molar-refractivity contribution is 4.82. The van der Waals surface area contributed by atoms with Gasteiger partial charge in [-0.1, -0.05) is 0 Å². The molecule has 2 aliphatic rings. The van der Waals surface area contributed by atoms with Gasteiger partial charge in [0.05, 0.1) is 12.2 Å². The summed E-state index contributed by atoms with van der Waals surface area (Å²) in [6.07, 6.45) is 6.08. The zero-order valence-corrected chi connectivity index (χ0v) is 9.32. The summed E-state index contributed by atoms with van der Waals surface area (Å²) in [5, 5.41) is 8.63. The highest BCUT2D eigenvalue weighted by Gasteiger charge is 2.23. The molecule has 0 aromatic rings. The predicted octanol–water partition coefficient (Wildman–Crippen LogP) is 1.79. The van der Waals surface area contributed by atoms with Crippen LogP contribution in [0.2, 0.25) is 0 Å². The van der Waals surface area contributed by atoms with Gasteiger partial charge in [0, 0.05) is 19.6 Å². The second-order valence-electron chi connectivity index (χ2n) is 4.74. The van der Waals surface area contributed by atoms with Crippen LogP contribution in [0, 0.1) is 17.2 Å². The van der Waals surface area contributed by atoms with Crippen LogP contribution < -0.4 is 0 Å². The quantitative estimate of drug-likeness (QED) is 0.709. The van der Waals surface area contributed by atoms with Crippen molar-refractivity contribution in [2.45, 2.75) is 38.2 Å². The van der Waals surface area contributed by atoms with E-state index in [1.807, 2.05) is 0 Å². The van der Waals surface area contributed by atoms with Gasteiger partial charge in [-0.3, -0.25) is 0 Å². The van der Waals surface area contributed by atoms with Crippen LogP contribution in [0.1, 0.15) is 32.1 Å². The smallest absolute Gasteiger partial charge is 0.0702 e. The second-order valence-corrected chi connectivity index (χ2v) is 4.74. The molecule has 0 amide bonds. The van der Waals surface area contributed by atoms with Crippen LogP contribution >= 0.6 is 0 Å². The minimum absolute atomic E-state index is 0.484. The summed E-state index contributed by atoms with van der Waals surface area (Å²) in [5.41, 5.74) is 0. The predicted molar refractivity (Wildman–Crippen MR) is 58.4 cm³/mol. The summed E-state index contributed by atoms with van der Waals surface area (Å²) in [4.78, 5) is 2.50. The molecule has 0 bridgehead atoms. The van der Waals surface area contributed by atoms with Crippen molar-refractivity contribution in [2.24, 2.45) is 5.92 Å². The highest BCUT2D eigenvalue weighted by Crippen LogP contribution is 2.21. The molecule has 0 aromatic carbocycles. The molecule has 0 N–H and O–H groups in total. The van der Waals surface area contributed by atoms with Crippen LogP contribution in [-0.2, 0) is 4.74 Å². The molecule has 2 heterocycles. The van der Waals surface area contributed by atoms with E-state index in [4.69, 9.17) is 10.00 Å². The first-order chi connectivity index (χ1) is 7.38. The van der Waals surface area contributed by atoms with Crippen molar-refractivity contribution in [3.63, 3.8) is 0 Å². The molecule has 15 heavy (non-hydrogen) atoms. The molecule has 3 heteroatoms. The van der Waals surface area contributed by atoms with Crippen molar-refractivity contribution in [1.29, 1.82) is 5.26 Å². The lowest BCUT2D eigenvalue weighted by Gasteiger charge is -2.32. The average Bonchev–Trinajstić information content (AvgIpc) is 2.74. The van der Waals surface area contributed by atoms with Gasteiger partial charge in [-0.2, -0.15) is 5.26 Å². The van der Waals surface area contributed by atoms with Gasteiger partial charge >= 0.3 is 0 Å². The molecule has 1 atom stereocenters. The number of rotatable bonds is 3. The Labute approximate surface area is 92.0 Å². The fourth-order valence-corrected chi connectivity index (χ4v) is 2.58. The Bertz CT molecular complexity index is 222. The molecular weight excluding hydrogens is 188 g/mol. The van der Waals surface area contributed by atoms with E-state index in [0.29, 0.717) is 12.0 Å². The van der Waals surface area contributed by atoms with E-state index in [-0.39, 0.29) is 0 Å². The molecule has 2 fully saturated rings. The maximum Gasteiger partial charge on any atom is 0.0702 e. The van der Waals surface area contributed by atoms with Crippen molar-refractivity contribution >= 4 is 0 Å². The van der Waals surface area contributed by atoms with Gasteiger partial charge in [-0.15, -0.1) is 0 Å². The molecule has 0 saturated carbocycles. The summed E-state index contributed by atoms with van der Waals surface area (Å²) in [5.74, 6) is 0.649. The van der Waals surface area contributed by atoms with Crippen molar-refractivity contribution in [3.8, 4) is 6.07 Å². The van der Waals surface area contributed by atoms with Gasteiger partial charge in [-0.05, 0) is 44.7 Å². The Hall–Kier alpha value is -0.590. The summed E-state index contributed by atoms with van der Waals surface area (Å²) in [6.45, 7) is 4.38. The number of likely N-dealkylation sites (tertiary alicyclic amines) is 1. The van der Waals surface area contributed by atoms with Crippen LogP contribution in [0.4, 0.5) is 0 Å². The van der Waals surface area contributed by atoms with Crippen molar-refractivity contribution in [2.75, 3.05) is 26.2 Å². The number of hydrogen-bond acceptors (Lipinski definition) is 3. The fraction of sp³-hybridized carbons (Fsp3) is 0.917. The van der Waals surface area contributed by atoms with Gasteiger partial charge in [0.15, 0.2) is 0 Å². The normalized spacial score (nSPS) is 29.1. The number of nitrogens with zero attached hydrogens (tertiary/aromatic N) is 2. The lowest BCUT2D eigenvalue weighted by atomic mass is 9.94. The molecule has 3 nitrogen and oxygen atoms in total. The summed E-state index contributed by atoms with van der Waals surface area (Å²) >= 11 is 0. The first-order valence-corrected chi connectivity index (χ1v) is 6.09. The first-order valence-electron chi connectivity index (χ1n) is 6.09. The third kappa shape index (κ3) is 3.19. The molecule has 1 unspecified atom stereocenters. The van der Waals surface area contributed by atoms with Gasteiger partial charge in [0.25, 0.3) is 0 Å². The Balaban J connectivity index is 1.67. The second kappa shape index (κ2) is 5.48. The minimum Gasteiger partial charge on any atom is -0.377 e. The number of hydrogen-bond donors (Lipinski definition) is 0. The number of ether oxygens (including phenoxy) is 1. The molecule has 2 saturated heterocycles. The third-order valence-corrected chi connectivity index (χ3v) is 3.57. The molecule has 0 aliphatic carbocycles. The van der Waals surface area contributed by atoms with Crippen LogP contribution in [-0.4, -0.2) is 37.2 Å². The maximum atomic E-state index is 8.63. The van der Waals surface area contributed by atoms with Crippen LogP contribution in [0.15, 0.2) is 0 Å². The lowest BCUT2D eigenvalue weighted by Crippen LogP contribution is -2.38. The zero-order chi connectivity index (χ0) is 10.5. The van der Waals surface area contributed by atoms with E-state index in [2.05, 4.69) is 11.0 Å². The van der Waals surface area contributed by atoms with Crippen molar-refractivity contribution in [1.82, 2.24) is 4.90 Å². The minimum atomic E-state index is 0.484. The van der Waals surface area contributed by atoms with Gasteiger partial charge < -0.3 is 9.64 Å². The number of piperidine rings is 1. The van der Waals surface area contributed by atoms with Crippen LogP contribution in [0.5, 0.6) is 0 Å². The molecule has 0 radical (unpaired) electrons. The van der Waals surface area contributed by atoms with E-state index in [1.165, 1.54) is 25.7 Å². The van der Waals surface area contributed by atoms with E-state index >= 15 is 0 Å². The molecule has 2 rings (SSSR count). The van der Waals surface area contributed by atoms with Crippen molar-refractivity contribution in [3.05, 3.63) is 0 Å². The topological polar surface area (TPSA) is 36.3 Å². The van der Waals surface area contributed by atoms with Crippen LogP contribution in [0.3, 0.4) is 0 Å². The van der Waals surface area contributed by atoms with E-state index in [9.17, 15) is 0 Å². The van der Waals surface area contributed by atoms with E-state index in [0.717, 1.165) is 32.7 Å². The highest BCUT2D eigenvalue weighted by atomic mass is 16.5. The zero-order valence-electron chi connectivity index (χ0n) is 9.32. The third-order valence-electron chi connectivity index (χ3n) is 3.57. The monoisotopic (exact) mass is 208 g/mol. The number of nitriles is 1. The maximum absolute atomic E-state index is 8.63. The Kier molecular flexibility index (Phi) is 3.99. The van der Waals surface area contributed by atoms with Gasteiger partial charge in [0.1, 0.15) is 0 Å². The Morgan fingerprint density at radius 3 is 2.67 bits per heavy atom.